The second-order valence-corrected chi connectivity index (χ2v) is 5.92. The van der Waals surface area contributed by atoms with E-state index in [0.29, 0.717) is 0 Å². The van der Waals surface area contributed by atoms with Crippen LogP contribution in [0.4, 0.5) is 0 Å². The molecule has 0 unspecified atom stereocenters. The molecule has 3 nitrogen and oxygen atoms in total. The maximum absolute atomic E-state index is 5.91. The van der Waals surface area contributed by atoms with Gasteiger partial charge in [0.25, 0.3) is 0 Å². The smallest absolute Gasteiger partial charge is 0.134 e. The largest absolute Gasteiger partial charge is 0.460 e. The average molecular weight is 353 g/mol. The number of hydrogen-bond donors (Lipinski definition) is 2. The zero-order valence-electron chi connectivity index (χ0n) is 13.9. The topological polar surface area (TPSA) is 41.0 Å². The molecule has 0 spiro atoms. The van der Waals surface area contributed by atoms with Crippen molar-refractivity contribution in [2.75, 3.05) is 6.54 Å². The lowest BCUT2D eigenvalue weighted by atomic mass is 10.1. The molecular weight excluding hydrogens is 332 g/mol. The maximum Gasteiger partial charge on any atom is 0.134 e. The molecule has 0 saturated heterocycles. The van der Waals surface area contributed by atoms with Crippen LogP contribution in [0.15, 0.2) is 77.3 Å². The van der Waals surface area contributed by atoms with Gasteiger partial charge in [-0.25, -0.2) is 0 Å². The van der Waals surface area contributed by atoms with Crippen LogP contribution >= 0.6 is 12.4 Å². The van der Waals surface area contributed by atoms with Gasteiger partial charge in [0.2, 0.25) is 0 Å². The minimum absolute atomic E-state index is 0. The van der Waals surface area contributed by atoms with Gasteiger partial charge in [-0.15, -0.1) is 12.4 Å². The van der Waals surface area contributed by atoms with E-state index in [1.54, 1.807) is 0 Å². The van der Waals surface area contributed by atoms with Gasteiger partial charge in [-0.2, -0.15) is 0 Å². The predicted octanol–water partition coefficient (Wildman–Crippen LogP) is 5.18. The molecule has 0 aliphatic carbocycles. The molecule has 4 aromatic rings. The first-order valence-corrected chi connectivity index (χ1v) is 8.30. The number of halogens is 1. The van der Waals surface area contributed by atoms with E-state index >= 15 is 0 Å². The summed E-state index contributed by atoms with van der Waals surface area (Å²) in [5, 5.41) is 4.77. The van der Waals surface area contributed by atoms with E-state index in [1.165, 1.54) is 16.5 Å². The van der Waals surface area contributed by atoms with Gasteiger partial charge in [0.05, 0.1) is 6.54 Å². The van der Waals surface area contributed by atoms with E-state index in [1.807, 2.05) is 30.3 Å². The fourth-order valence-corrected chi connectivity index (χ4v) is 3.00. The highest BCUT2D eigenvalue weighted by Gasteiger charge is 2.05. The third kappa shape index (κ3) is 3.95. The lowest BCUT2D eigenvalue weighted by Crippen LogP contribution is -2.16. The van der Waals surface area contributed by atoms with Gasteiger partial charge >= 0.3 is 0 Å². The molecule has 0 radical (unpaired) electrons. The van der Waals surface area contributed by atoms with Gasteiger partial charge in [-0.1, -0.05) is 48.5 Å². The molecule has 2 aromatic heterocycles. The minimum Gasteiger partial charge on any atom is -0.460 e. The van der Waals surface area contributed by atoms with Crippen LogP contribution in [0, 0.1) is 0 Å². The first-order valence-electron chi connectivity index (χ1n) is 8.30. The highest BCUT2D eigenvalue weighted by atomic mass is 35.5. The standard InChI is InChI=1S/C21H20N2O.ClH/c1-2-6-16(7-3-1)21-11-10-18(24-21)15-22-13-12-17-14-23-20-9-5-4-8-19(17)20;/h1-11,14,22-23H,12-13,15H2;1H. The van der Waals surface area contributed by atoms with Crippen molar-refractivity contribution in [3.05, 3.63) is 84.3 Å². The first-order chi connectivity index (χ1) is 11.9. The quantitative estimate of drug-likeness (QED) is 0.469. The molecular formula is C21H21ClN2O. The van der Waals surface area contributed by atoms with E-state index < -0.39 is 0 Å². The number of furan rings is 1. The lowest BCUT2D eigenvalue weighted by Gasteiger charge is -2.02. The Balaban J connectivity index is 0.00000182. The summed E-state index contributed by atoms with van der Waals surface area (Å²) in [6.07, 6.45) is 3.10. The SMILES string of the molecule is Cl.c1ccc(-c2ccc(CNCCc3c[nH]c4ccccc34)o2)cc1. The van der Waals surface area contributed by atoms with E-state index in [-0.39, 0.29) is 12.4 Å². The molecule has 0 bridgehead atoms. The van der Waals surface area contributed by atoms with Gasteiger partial charge in [-0.05, 0) is 36.7 Å². The molecule has 128 valence electrons. The lowest BCUT2D eigenvalue weighted by molar-refractivity contribution is 0.495. The van der Waals surface area contributed by atoms with Crippen molar-refractivity contribution in [1.82, 2.24) is 10.3 Å². The van der Waals surface area contributed by atoms with Crippen LogP contribution in [0.3, 0.4) is 0 Å². The van der Waals surface area contributed by atoms with E-state index in [2.05, 4.69) is 52.9 Å². The summed E-state index contributed by atoms with van der Waals surface area (Å²) in [5.74, 6) is 1.89. The van der Waals surface area contributed by atoms with E-state index in [9.17, 15) is 0 Å². The summed E-state index contributed by atoms with van der Waals surface area (Å²) in [6.45, 7) is 1.67. The van der Waals surface area contributed by atoms with Crippen LogP contribution in [-0.4, -0.2) is 11.5 Å². The minimum atomic E-state index is 0. The number of hydrogen-bond acceptors (Lipinski definition) is 2. The van der Waals surface area contributed by atoms with Gasteiger partial charge in [0.1, 0.15) is 11.5 Å². The third-order valence-electron chi connectivity index (χ3n) is 4.27. The number of para-hydroxylation sites is 1. The van der Waals surface area contributed by atoms with Crippen LogP contribution in [0.25, 0.3) is 22.2 Å². The van der Waals surface area contributed by atoms with Crippen LogP contribution < -0.4 is 5.32 Å². The molecule has 0 fully saturated rings. The first kappa shape index (κ1) is 17.3. The molecule has 4 heteroatoms. The monoisotopic (exact) mass is 352 g/mol. The van der Waals surface area contributed by atoms with Gasteiger partial charge in [-0.3, -0.25) is 0 Å². The summed E-state index contributed by atoms with van der Waals surface area (Å²) in [7, 11) is 0. The molecule has 0 aliphatic rings. The van der Waals surface area contributed by atoms with Crippen LogP contribution in [-0.2, 0) is 13.0 Å². The third-order valence-corrected chi connectivity index (χ3v) is 4.27. The van der Waals surface area contributed by atoms with Gasteiger partial charge in [0, 0.05) is 22.7 Å². The number of rotatable bonds is 6. The van der Waals surface area contributed by atoms with Crippen molar-refractivity contribution in [2.24, 2.45) is 0 Å². The Morgan fingerprint density at radius 2 is 1.68 bits per heavy atom. The summed E-state index contributed by atoms with van der Waals surface area (Å²) in [6, 6.07) is 22.7. The number of fused-ring (bicyclic) bond motifs is 1. The molecule has 0 amide bonds. The second kappa shape index (κ2) is 8.06. The van der Waals surface area contributed by atoms with Crippen molar-refractivity contribution < 1.29 is 4.42 Å². The van der Waals surface area contributed by atoms with E-state index in [4.69, 9.17) is 4.42 Å². The van der Waals surface area contributed by atoms with Crippen molar-refractivity contribution in [3.63, 3.8) is 0 Å². The summed E-state index contributed by atoms with van der Waals surface area (Å²) < 4.78 is 5.91. The molecule has 4 rings (SSSR count). The van der Waals surface area contributed by atoms with Crippen LogP contribution in [0.1, 0.15) is 11.3 Å². The van der Waals surface area contributed by atoms with Crippen molar-refractivity contribution in [2.45, 2.75) is 13.0 Å². The van der Waals surface area contributed by atoms with Crippen molar-refractivity contribution in [1.29, 1.82) is 0 Å². The van der Waals surface area contributed by atoms with Gasteiger partial charge < -0.3 is 14.7 Å². The Bertz CT molecular complexity index is 927. The fraction of sp³-hybridized carbons (Fsp3) is 0.143. The second-order valence-electron chi connectivity index (χ2n) is 5.92. The Morgan fingerprint density at radius 3 is 2.56 bits per heavy atom. The summed E-state index contributed by atoms with van der Waals surface area (Å²) in [4.78, 5) is 3.32. The molecule has 2 N–H and O–H groups in total. The molecule has 0 saturated carbocycles. The normalized spacial score (nSPS) is 10.7. The Morgan fingerprint density at radius 1 is 0.880 bits per heavy atom. The van der Waals surface area contributed by atoms with E-state index in [0.717, 1.165) is 36.6 Å². The molecule has 2 aromatic carbocycles. The number of benzene rings is 2. The predicted molar refractivity (Wildman–Crippen MR) is 105 cm³/mol. The molecule has 0 aliphatic heterocycles. The summed E-state index contributed by atoms with van der Waals surface area (Å²) >= 11 is 0. The number of nitrogens with one attached hydrogen (secondary N) is 2. The van der Waals surface area contributed by atoms with Crippen molar-refractivity contribution >= 4 is 23.3 Å². The number of H-pyrrole nitrogens is 1. The molecule has 0 atom stereocenters. The fourth-order valence-electron chi connectivity index (χ4n) is 3.00. The zero-order chi connectivity index (χ0) is 16.2. The highest BCUT2D eigenvalue weighted by Crippen LogP contribution is 2.21. The van der Waals surface area contributed by atoms with Gasteiger partial charge in [0.15, 0.2) is 0 Å². The average Bonchev–Trinajstić information content (AvgIpc) is 3.27. The Hall–Kier alpha value is -2.49. The number of aromatic nitrogens is 1. The van der Waals surface area contributed by atoms with Crippen molar-refractivity contribution in [3.8, 4) is 11.3 Å². The maximum atomic E-state index is 5.91. The highest BCUT2D eigenvalue weighted by molar-refractivity contribution is 5.85. The molecule has 2 heterocycles. The Labute approximate surface area is 153 Å². The Kier molecular flexibility index (Phi) is 5.59. The molecule has 25 heavy (non-hydrogen) atoms. The van der Waals surface area contributed by atoms with Crippen LogP contribution in [0.5, 0.6) is 0 Å². The van der Waals surface area contributed by atoms with Crippen LogP contribution in [0.2, 0.25) is 0 Å². The zero-order valence-corrected chi connectivity index (χ0v) is 14.7. The number of aromatic amines is 1. The summed E-state index contributed by atoms with van der Waals surface area (Å²) in [5.41, 5.74) is 3.66.